The van der Waals surface area contributed by atoms with Gasteiger partial charge < -0.3 is 10.8 Å². The summed E-state index contributed by atoms with van der Waals surface area (Å²) in [4.78, 5) is 4.17. The Balaban J connectivity index is 2.06. The summed E-state index contributed by atoms with van der Waals surface area (Å²) in [7, 11) is 0. The van der Waals surface area contributed by atoms with Crippen LogP contribution in [0.4, 0.5) is 5.82 Å². The van der Waals surface area contributed by atoms with Crippen LogP contribution in [-0.2, 0) is 5.60 Å². The normalized spacial score (nSPS) is 36.9. The predicted octanol–water partition coefficient (Wildman–Crippen LogP) is 1.98. The van der Waals surface area contributed by atoms with Crippen LogP contribution in [0.3, 0.4) is 0 Å². The van der Waals surface area contributed by atoms with Gasteiger partial charge in [-0.15, -0.1) is 0 Å². The van der Waals surface area contributed by atoms with Crippen molar-refractivity contribution in [3.63, 3.8) is 0 Å². The van der Waals surface area contributed by atoms with Crippen molar-refractivity contribution in [2.24, 2.45) is 11.8 Å². The zero-order valence-corrected chi connectivity index (χ0v) is 9.61. The molecule has 3 atom stereocenters. The number of anilines is 1. The minimum atomic E-state index is -0.702. The van der Waals surface area contributed by atoms with Gasteiger partial charge in [0.2, 0.25) is 0 Å². The molecule has 1 aromatic heterocycles. The molecule has 3 N–H and O–H groups in total. The van der Waals surface area contributed by atoms with Gasteiger partial charge in [0.15, 0.2) is 0 Å². The maximum absolute atomic E-state index is 10.8. The van der Waals surface area contributed by atoms with Gasteiger partial charge in [-0.05, 0) is 56.1 Å². The number of pyridine rings is 1. The zero-order valence-electron chi connectivity index (χ0n) is 9.61. The first-order valence-corrected chi connectivity index (χ1v) is 6.04. The molecule has 3 unspecified atom stereocenters. The van der Waals surface area contributed by atoms with Crippen LogP contribution >= 0.6 is 0 Å². The second-order valence-electron chi connectivity index (χ2n) is 5.45. The van der Waals surface area contributed by atoms with Crippen LogP contribution < -0.4 is 5.73 Å². The summed E-state index contributed by atoms with van der Waals surface area (Å²) >= 11 is 0. The van der Waals surface area contributed by atoms with Crippen molar-refractivity contribution >= 4 is 5.82 Å². The fraction of sp³-hybridized carbons (Fsp3) is 0.615. The molecule has 0 amide bonds. The highest BCUT2D eigenvalue weighted by atomic mass is 16.3. The molecule has 1 heterocycles. The third-order valence-corrected chi connectivity index (χ3v) is 4.34. The highest BCUT2D eigenvalue weighted by Gasteiger charge is 2.51. The van der Waals surface area contributed by atoms with Crippen LogP contribution in [0, 0.1) is 18.8 Å². The molecule has 2 saturated carbocycles. The summed E-state index contributed by atoms with van der Waals surface area (Å²) < 4.78 is 0. The first-order chi connectivity index (χ1) is 7.59. The lowest BCUT2D eigenvalue weighted by molar-refractivity contribution is -0.0178. The lowest BCUT2D eigenvalue weighted by Crippen LogP contribution is -2.33. The molecule has 0 radical (unpaired) electrons. The second kappa shape index (κ2) is 3.20. The molecule has 16 heavy (non-hydrogen) atoms. The molecule has 2 aliphatic rings. The number of rotatable bonds is 1. The van der Waals surface area contributed by atoms with E-state index in [9.17, 15) is 5.11 Å². The summed E-state index contributed by atoms with van der Waals surface area (Å²) in [6.07, 6.45) is 6.19. The SMILES string of the molecule is Cc1cnc(N)c(C2(O)CC3CCC2C3)c1. The van der Waals surface area contributed by atoms with Crippen LogP contribution in [-0.4, -0.2) is 10.1 Å². The molecule has 2 fully saturated rings. The van der Waals surface area contributed by atoms with Gasteiger partial charge in [0.1, 0.15) is 5.82 Å². The van der Waals surface area contributed by atoms with Crippen LogP contribution in [0.1, 0.15) is 36.8 Å². The average Bonchev–Trinajstić information content (AvgIpc) is 2.81. The van der Waals surface area contributed by atoms with E-state index in [0.717, 1.165) is 30.4 Å². The van der Waals surface area contributed by atoms with Crippen molar-refractivity contribution in [3.05, 3.63) is 23.4 Å². The number of hydrogen-bond acceptors (Lipinski definition) is 3. The van der Waals surface area contributed by atoms with E-state index in [0.29, 0.717) is 17.7 Å². The molecule has 3 nitrogen and oxygen atoms in total. The quantitative estimate of drug-likeness (QED) is 0.757. The number of aromatic nitrogens is 1. The Labute approximate surface area is 95.7 Å². The number of fused-ring (bicyclic) bond motifs is 2. The Morgan fingerprint density at radius 3 is 2.94 bits per heavy atom. The molecule has 1 aromatic rings. The average molecular weight is 218 g/mol. The molecule has 0 aromatic carbocycles. The molecule has 2 bridgehead atoms. The molecule has 0 saturated heterocycles. The Bertz CT molecular complexity index is 432. The zero-order chi connectivity index (χ0) is 11.3. The molecule has 86 valence electrons. The maximum Gasteiger partial charge on any atom is 0.129 e. The lowest BCUT2D eigenvalue weighted by Gasteiger charge is -2.33. The van der Waals surface area contributed by atoms with Gasteiger partial charge >= 0.3 is 0 Å². The van der Waals surface area contributed by atoms with E-state index in [4.69, 9.17) is 5.73 Å². The van der Waals surface area contributed by atoms with Crippen molar-refractivity contribution < 1.29 is 5.11 Å². The minimum Gasteiger partial charge on any atom is -0.385 e. The van der Waals surface area contributed by atoms with Gasteiger partial charge in [-0.25, -0.2) is 4.98 Å². The summed E-state index contributed by atoms with van der Waals surface area (Å²) in [5.74, 6) is 1.58. The fourth-order valence-electron chi connectivity index (χ4n) is 3.56. The summed E-state index contributed by atoms with van der Waals surface area (Å²) in [6.45, 7) is 1.99. The van der Waals surface area contributed by atoms with Gasteiger partial charge in [0.25, 0.3) is 0 Å². The van der Waals surface area contributed by atoms with E-state index >= 15 is 0 Å². The minimum absolute atomic E-state index is 0.392. The highest BCUT2D eigenvalue weighted by molar-refractivity contribution is 5.46. The summed E-state index contributed by atoms with van der Waals surface area (Å²) in [5, 5.41) is 10.8. The third kappa shape index (κ3) is 1.27. The van der Waals surface area contributed by atoms with Crippen molar-refractivity contribution in [2.75, 3.05) is 5.73 Å². The number of nitrogens with zero attached hydrogens (tertiary/aromatic N) is 1. The monoisotopic (exact) mass is 218 g/mol. The Hall–Kier alpha value is -1.09. The molecule has 2 aliphatic carbocycles. The van der Waals surface area contributed by atoms with E-state index in [1.807, 2.05) is 13.0 Å². The van der Waals surface area contributed by atoms with Crippen LogP contribution in [0.25, 0.3) is 0 Å². The van der Waals surface area contributed by atoms with Crippen LogP contribution in [0.2, 0.25) is 0 Å². The van der Waals surface area contributed by atoms with Crippen molar-refractivity contribution in [1.82, 2.24) is 4.98 Å². The number of nitrogen functional groups attached to an aromatic ring is 1. The predicted molar refractivity (Wildman–Crippen MR) is 62.7 cm³/mol. The third-order valence-electron chi connectivity index (χ3n) is 4.34. The smallest absolute Gasteiger partial charge is 0.129 e. The molecule has 0 spiro atoms. The molecule has 0 aliphatic heterocycles. The fourth-order valence-corrected chi connectivity index (χ4v) is 3.56. The van der Waals surface area contributed by atoms with E-state index in [1.54, 1.807) is 6.20 Å². The Morgan fingerprint density at radius 1 is 1.50 bits per heavy atom. The van der Waals surface area contributed by atoms with Gasteiger partial charge in [-0.3, -0.25) is 0 Å². The van der Waals surface area contributed by atoms with E-state index in [-0.39, 0.29) is 0 Å². The van der Waals surface area contributed by atoms with Gasteiger partial charge in [-0.2, -0.15) is 0 Å². The number of nitrogens with two attached hydrogens (primary N) is 1. The Kier molecular flexibility index (Phi) is 2.02. The van der Waals surface area contributed by atoms with Crippen LogP contribution in [0.15, 0.2) is 12.3 Å². The number of aliphatic hydroxyl groups is 1. The van der Waals surface area contributed by atoms with Gasteiger partial charge in [0, 0.05) is 11.8 Å². The summed E-state index contributed by atoms with van der Waals surface area (Å²) in [6, 6.07) is 2.00. The van der Waals surface area contributed by atoms with E-state index in [2.05, 4.69) is 4.98 Å². The van der Waals surface area contributed by atoms with Gasteiger partial charge in [-0.1, -0.05) is 0 Å². The summed E-state index contributed by atoms with van der Waals surface area (Å²) in [5.41, 5.74) is 7.14. The van der Waals surface area contributed by atoms with E-state index < -0.39 is 5.60 Å². The topological polar surface area (TPSA) is 59.1 Å². The van der Waals surface area contributed by atoms with Crippen molar-refractivity contribution in [3.8, 4) is 0 Å². The maximum atomic E-state index is 10.8. The van der Waals surface area contributed by atoms with E-state index in [1.165, 1.54) is 6.42 Å². The lowest BCUT2D eigenvalue weighted by atomic mass is 9.79. The highest BCUT2D eigenvalue weighted by Crippen LogP contribution is 2.56. The van der Waals surface area contributed by atoms with Crippen molar-refractivity contribution in [1.29, 1.82) is 0 Å². The molecular weight excluding hydrogens is 200 g/mol. The standard InChI is InChI=1S/C13H18N2O/c1-8-4-11(12(14)15-7-8)13(16)6-9-2-3-10(13)5-9/h4,7,9-10,16H,2-3,5-6H2,1H3,(H2,14,15). The van der Waals surface area contributed by atoms with Crippen molar-refractivity contribution in [2.45, 2.75) is 38.2 Å². The first-order valence-electron chi connectivity index (χ1n) is 6.04. The Morgan fingerprint density at radius 2 is 2.31 bits per heavy atom. The van der Waals surface area contributed by atoms with Crippen LogP contribution in [0.5, 0.6) is 0 Å². The second-order valence-corrected chi connectivity index (χ2v) is 5.45. The molecule has 3 heteroatoms. The largest absolute Gasteiger partial charge is 0.385 e. The first kappa shape index (κ1) is 10.1. The number of hydrogen-bond donors (Lipinski definition) is 2. The molecule has 3 rings (SSSR count). The number of aryl methyl sites for hydroxylation is 1. The van der Waals surface area contributed by atoms with Gasteiger partial charge in [0.05, 0.1) is 5.60 Å². The molecular formula is C13H18N2O.